The minimum Gasteiger partial charge on any atom is -0.496 e. The maximum Gasteiger partial charge on any atom is 0.126 e. The van der Waals surface area contributed by atoms with E-state index in [1.807, 2.05) is 0 Å². The van der Waals surface area contributed by atoms with Gasteiger partial charge in [-0.1, -0.05) is 23.7 Å². The summed E-state index contributed by atoms with van der Waals surface area (Å²) in [5, 5.41) is 9.79. The van der Waals surface area contributed by atoms with E-state index in [-0.39, 0.29) is 5.82 Å². The lowest BCUT2D eigenvalue weighted by atomic mass is 10.0. The molecule has 2 aromatic rings. The zero-order chi connectivity index (χ0) is 14.5. The molecule has 0 saturated heterocycles. The number of methoxy groups -OCH3 is 1. The second kappa shape index (κ2) is 6.23. The van der Waals surface area contributed by atoms with Gasteiger partial charge in [-0.15, -0.1) is 0 Å². The van der Waals surface area contributed by atoms with Crippen LogP contribution in [0.5, 0.6) is 5.75 Å². The molecule has 0 atom stereocenters. The average molecular weight is 288 g/mol. The third-order valence-corrected chi connectivity index (χ3v) is 2.98. The fourth-order valence-corrected chi connectivity index (χ4v) is 1.99. The molecule has 4 heteroatoms. The number of nitriles is 1. The summed E-state index contributed by atoms with van der Waals surface area (Å²) in [5.41, 5.74) is 1.51. The van der Waals surface area contributed by atoms with Crippen molar-refractivity contribution in [1.82, 2.24) is 0 Å². The first-order chi connectivity index (χ1) is 9.63. The largest absolute Gasteiger partial charge is 0.496 e. The third kappa shape index (κ3) is 3.17. The van der Waals surface area contributed by atoms with Gasteiger partial charge in [-0.05, 0) is 42.0 Å². The second-order valence-corrected chi connectivity index (χ2v) is 4.50. The highest BCUT2D eigenvalue weighted by Crippen LogP contribution is 2.27. The summed E-state index contributed by atoms with van der Waals surface area (Å²) in [7, 11) is 1.54. The van der Waals surface area contributed by atoms with Crippen molar-refractivity contribution in [3.8, 4) is 11.8 Å². The molecule has 0 amide bonds. The minimum atomic E-state index is -0.387. The molecule has 0 bridgehead atoms. The SMILES string of the molecule is COc1ccc(Cl)cc1C=C(C#N)c1cccc(F)c1. The molecule has 0 aliphatic heterocycles. The van der Waals surface area contributed by atoms with E-state index in [9.17, 15) is 9.65 Å². The van der Waals surface area contributed by atoms with E-state index in [2.05, 4.69) is 6.07 Å². The summed E-state index contributed by atoms with van der Waals surface area (Å²) in [4.78, 5) is 0. The maximum absolute atomic E-state index is 13.2. The summed E-state index contributed by atoms with van der Waals surface area (Å²) in [6.45, 7) is 0. The molecule has 0 fully saturated rings. The molecule has 0 aliphatic rings. The Morgan fingerprint density at radius 3 is 2.75 bits per heavy atom. The average Bonchev–Trinajstić information content (AvgIpc) is 2.45. The van der Waals surface area contributed by atoms with Crippen LogP contribution in [-0.2, 0) is 0 Å². The fourth-order valence-electron chi connectivity index (χ4n) is 1.81. The highest BCUT2D eigenvalue weighted by atomic mass is 35.5. The fraction of sp³-hybridized carbons (Fsp3) is 0.0625. The van der Waals surface area contributed by atoms with Gasteiger partial charge in [-0.3, -0.25) is 0 Å². The minimum absolute atomic E-state index is 0.338. The van der Waals surface area contributed by atoms with Gasteiger partial charge in [0.15, 0.2) is 0 Å². The van der Waals surface area contributed by atoms with Crippen LogP contribution in [0.3, 0.4) is 0 Å². The summed E-state index contributed by atoms with van der Waals surface area (Å²) < 4.78 is 18.4. The van der Waals surface area contributed by atoms with Crippen molar-refractivity contribution < 1.29 is 9.13 Å². The van der Waals surface area contributed by atoms with Gasteiger partial charge in [0.05, 0.1) is 18.8 Å². The van der Waals surface area contributed by atoms with Crippen molar-refractivity contribution in [2.45, 2.75) is 0 Å². The van der Waals surface area contributed by atoms with Crippen LogP contribution in [0, 0.1) is 17.1 Å². The van der Waals surface area contributed by atoms with Gasteiger partial charge in [0.2, 0.25) is 0 Å². The van der Waals surface area contributed by atoms with Gasteiger partial charge >= 0.3 is 0 Å². The lowest BCUT2D eigenvalue weighted by molar-refractivity contribution is 0.414. The monoisotopic (exact) mass is 287 g/mol. The van der Waals surface area contributed by atoms with Gasteiger partial charge < -0.3 is 4.74 Å². The van der Waals surface area contributed by atoms with Crippen LogP contribution in [0.25, 0.3) is 11.6 Å². The summed E-state index contributed by atoms with van der Waals surface area (Å²) in [6.07, 6.45) is 1.62. The van der Waals surface area contributed by atoms with Gasteiger partial charge in [0.1, 0.15) is 11.6 Å². The highest BCUT2D eigenvalue weighted by Gasteiger charge is 2.06. The summed E-state index contributed by atoms with van der Waals surface area (Å²) >= 11 is 5.94. The Bertz CT molecular complexity index is 704. The Morgan fingerprint density at radius 2 is 2.10 bits per heavy atom. The maximum atomic E-state index is 13.2. The first kappa shape index (κ1) is 14.1. The molecular weight excluding hydrogens is 277 g/mol. The van der Waals surface area contributed by atoms with Gasteiger partial charge in [-0.2, -0.15) is 5.26 Å². The Kier molecular flexibility index (Phi) is 4.39. The molecule has 20 heavy (non-hydrogen) atoms. The predicted molar refractivity (Wildman–Crippen MR) is 77.9 cm³/mol. The Labute approximate surface area is 121 Å². The van der Waals surface area contributed by atoms with E-state index in [0.717, 1.165) is 0 Å². The van der Waals surface area contributed by atoms with Crippen LogP contribution in [0.15, 0.2) is 42.5 Å². The second-order valence-electron chi connectivity index (χ2n) is 4.07. The zero-order valence-corrected chi connectivity index (χ0v) is 11.5. The van der Waals surface area contributed by atoms with Gasteiger partial charge in [0, 0.05) is 10.6 Å². The first-order valence-corrected chi connectivity index (χ1v) is 6.23. The van der Waals surface area contributed by atoms with Crippen molar-refractivity contribution in [3.63, 3.8) is 0 Å². The quantitative estimate of drug-likeness (QED) is 0.613. The van der Waals surface area contributed by atoms with Crippen molar-refractivity contribution >= 4 is 23.3 Å². The third-order valence-electron chi connectivity index (χ3n) is 2.75. The lowest BCUT2D eigenvalue weighted by Gasteiger charge is -2.06. The van der Waals surface area contributed by atoms with E-state index in [1.54, 1.807) is 36.4 Å². The number of halogens is 2. The number of ether oxygens (including phenoxy) is 1. The molecule has 0 spiro atoms. The molecule has 0 unspecified atom stereocenters. The molecule has 100 valence electrons. The molecule has 0 aromatic heterocycles. The molecule has 0 N–H and O–H groups in total. The lowest BCUT2D eigenvalue weighted by Crippen LogP contribution is -1.89. The van der Waals surface area contributed by atoms with Crippen molar-refractivity contribution in [3.05, 3.63) is 64.4 Å². The number of benzene rings is 2. The summed E-state index contributed by atoms with van der Waals surface area (Å²) in [6, 6.07) is 13.0. The van der Waals surface area contributed by atoms with E-state index in [0.29, 0.717) is 27.5 Å². The van der Waals surface area contributed by atoms with Crippen LogP contribution < -0.4 is 4.74 Å². The molecular formula is C16H11ClFNO. The van der Waals surface area contributed by atoms with Crippen LogP contribution in [-0.4, -0.2) is 7.11 Å². The smallest absolute Gasteiger partial charge is 0.126 e. The van der Waals surface area contributed by atoms with E-state index < -0.39 is 0 Å². The van der Waals surface area contributed by atoms with Crippen molar-refractivity contribution in [1.29, 1.82) is 5.26 Å². The summed E-state index contributed by atoms with van der Waals surface area (Å²) in [5.74, 6) is 0.209. The van der Waals surface area contributed by atoms with Gasteiger partial charge in [-0.25, -0.2) is 4.39 Å². The molecule has 2 aromatic carbocycles. The molecule has 0 radical (unpaired) electrons. The number of rotatable bonds is 3. The number of allylic oxidation sites excluding steroid dienone is 1. The predicted octanol–water partition coefficient (Wildman–Crippen LogP) is 4.55. The molecule has 0 aliphatic carbocycles. The first-order valence-electron chi connectivity index (χ1n) is 5.85. The number of nitrogens with zero attached hydrogens (tertiary/aromatic N) is 1. The van der Waals surface area contributed by atoms with E-state index in [1.165, 1.54) is 19.2 Å². The molecule has 0 saturated carbocycles. The molecule has 2 nitrogen and oxygen atoms in total. The molecule has 0 heterocycles. The van der Waals surface area contributed by atoms with Crippen LogP contribution in [0.4, 0.5) is 4.39 Å². The highest BCUT2D eigenvalue weighted by molar-refractivity contribution is 6.30. The zero-order valence-electron chi connectivity index (χ0n) is 10.7. The number of hydrogen-bond acceptors (Lipinski definition) is 2. The Hall–Kier alpha value is -2.31. The normalized spacial score (nSPS) is 11.0. The number of hydrogen-bond donors (Lipinski definition) is 0. The van der Waals surface area contributed by atoms with Crippen LogP contribution >= 0.6 is 11.6 Å². The van der Waals surface area contributed by atoms with Crippen LogP contribution in [0.1, 0.15) is 11.1 Å². The Balaban J connectivity index is 2.52. The van der Waals surface area contributed by atoms with E-state index >= 15 is 0 Å². The topological polar surface area (TPSA) is 33.0 Å². The van der Waals surface area contributed by atoms with Crippen molar-refractivity contribution in [2.75, 3.05) is 7.11 Å². The Morgan fingerprint density at radius 1 is 1.30 bits per heavy atom. The van der Waals surface area contributed by atoms with Crippen molar-refractivity contribution in [2.24, 2.45) is 0 Å². The standard InChI is InChI=1S/C16H11ClFNO/c1-20-16-6-5-14(17)8-12(16)7-13(10-19)11-3-2-4-15(18)9-11/h2-9H,1H3. The van der Waals surface area contributed by atoms with Gasteiger partial charge in [0.25, 0.3) is 0 Å². The van der Waals surface area contributed by atoms with Crippen LogP contribution in [0.2, 0.25) is 5.02 Å². The molecule has 2 rings (SSSR count). The van der Waals surface area contributed by atoms with E-state index in [4.69, 9.17) is 16.3 Å².